The minimum atomic E-state index is -3.46. The van der Waals surface area contributed by atoms with E-state index in [0.717, 1.165) is 57.2 Å². The number of hydrogen-bond acceptors (Lipinski definition) is 4. The van der Waals surface area contributed by atoms with Crippen molar-refractivity contribution in [3.63, 3.8) is 0 Å². The van der Waals surface area contributed by atoms with Crippen LogP contribution in [0.2, 0.25) is 0 Å². The number of nitrogens with zero attached hydrogens (tertiary/aromatic N) is 2. The number of likely N-dealkylation sites (tertiary alicyclic amines) is 1. The van der Waals surface area contributed by atoms with Crippen molar-refractivity contribution in [1.82, 2.24) is 9.21 Å². The summed E-state index contributed by atoms with van der Waals surface area (Å²) in [5.41, 5.74) is 2.20. The molecule has 2 aromatic rings. The summed E-state index contributed by atoms with van der Waals surface area (Å²) in [6.45, 7) is 2.78. The van der Waals surface area contributed by atoms with Gasteiger partial charge >= 0.3 is 0 Å². The summed E-state index contributed by atoms with van der Waals surface area (Å²) in [5, 5.41) is 2.87. The van der Waals surface area contributed by atoms with Crippen LogP contribution in [0.1, 0.15) is 60.9 Å². The molecule has 0 atom stereocenters. The lowest BCUT2D eigenvalue weighted by Crippen LogP contribution is -2.31. The van der Waals surface area contributed by atoms with Gasteiger partial charge in [-0.25, -0.2) is 8.42 Å². The highest BCUT2D eigenvalue weighted by Crippen LogP contribution is 2.21. The van der Waals surface area contributed by atoms with E-state index in [4.69, 9.17) is 0 Å². The summed E-state index contributed by atoms with van der Waals surface area (Å²) < 4.78 is 27.4. The lowest BCUT2D eigenvalue weighted by atomic mass is 10.1. The Morgan fingerprint density at radius 1 is 0.765 bits per heavy atom. The average molecular weight is 484 g/mol. The number of rotatable bonds is 7. The third kappa shape index (κ3) is 6.04. The minimum Gasteiger partial charge on any atom is -0.339 e. The number of sulfonamides is 1. The summed E-state index contributed by atoms with van der Waals surface area (Å²) in [4.78, 5) is 27.0. The predicted molar refractivity (Wildman–Crippen MR) is 132 cm³/mol. The number of carbonyl (C=O) groups is 2. The maximum Gasteiger partial charge on any atom is 0.253 e. The molecule has 0 aromatic heterocycles. The summed E-state index contributed by atoms with van der Waals surface area (Å²) in [7, 11) is -3.46. The third-order valence-corrected chi connectivity index (χ3v) is 8.49. The first kappa shape index (κ1) is 24.4. The van der Waals surface area contributed by atoms with Crippen LogP contribution in [0.25, 0.3) is 0 Å². The molecule has 34 heavy (non-hydrogen) atoms. The van der Waals surface area contributed by atoms with Crippen molar-refractivity contribution in [3.8, 4) is 0 Å². The van der Waals surface area contributed by atoms with Gasteiger partial charge in [0.05, 0.1) is 4.90 Å². The second kappa shape index (κ2) is 11.1. The van der Waals surface area contributed by atoms with Crippen LogP contribution >= 0.6 is 0 Å². The molecular formula is C26H33N3O4S. The molecule has 0 bridgehead atoms. The van der Waals surface area contributed by atoms with Crippen molar-refractivity contribution in [2.24, 2.45) is 0 Å². The van der Waals surface area contributed by atoms with Crippen LogP contribution in [0, 0.1) is 0 Å². The first-order chi connectivity index (χ1) is 16.4. The minimum absolute atomic E-state index is 0.0386. The number of amides is 2. The van der Waals surface area contributed by atoms with Crippen LogP contribution < -0.4 is 5.32 Å². The van der Waals surface area contributed by atoms with Gasteiger partial charge in [0.1, 0.15) is 0 Å². The zero-order chi connectivity index (χ0) is 24.0. The van der Waals surface area contributed by atoms with E-state index in [-0.39, 0.29) is 18.2 Å². The fraction of sp³-hybridized carbons (Fsp3) is 0.462. The quantitative estimate of drug-likeness (QED) is 0.644. The largest absolute Gasteiger partial charge is 0.339 e. The number of anilines is 1. The van der Waals surface area contributed by atoms with Gasteiger partial charge in [0.15, 0.2) is 0 Å². The van der Waals surface area contributed by atoms with E-state index in [9.17, 15) is 18.0 Å². The SMILES string of the molecule is O=C(CCc1ccc(S(=O)(=O)N2CCCCCC2)cc1)Nc1ccc(C(=O)N2CCCC2)cc1. The molecule has 2 aliphatic rings. The van der Waals surface area contributed by atoms with Crippen molar-refractivity contribution < 1.29 is 18.0 Å². The molecule has 4 rings (SSSR count). The molecule has 0 saturated carbocycles. The highest BCUT2D eigenvalue weighted by atomic mass is 32.2. The molecule has 8 heteroatoms. The Bertz CT molecular complexity index is 1080. The van der Waals surface area contributed by atoms with E-state index in [2.05, 4.69) is 5.32 Å². The molecule has 2 fully saturated rings. The van der Waals surface area contributed by atoms with Gasteiger partial charge in [-0.15, -0.1) is 0 Å². The number of hydrogen-bond donors (Lipinski definition) is 1. The Morgan fingerprint density at radius 2 is 1.35 bits per heavy atom. The zero-order valence-electron chi connectivity index (χ0n) is 19.5. The fourth-order valence-corrected chi connectivity index (χ4v) is 6.06. The second-order valence-electron chi connectivity index (χ2n) is 9.09. The first-order valence-electron chi connectivity index (χ1n) is 12.2. The maximum absolute atomic E-state index is 12.9. The van der Waals surface area contributed by atoms with E-state index in [1.54, 1.807) is 52.8 Å². The third-order valence-electron chi connectivity index (χ3n) is 6.58. The van der Waals surface area contributed by atoms with Gasteiger partial charge in [-0.05, 0) is 74.1 Å². The normalized spacial score (nSPS) is 17.4. The van der Waals surface area contributed by atoms with Crippen LogP contribution in [0.5, 0.6) is 0 Å². The van der Waals surface area contributed by atoms with Crippen LogP contribution in [0.15, 0.2) is 53.4 Å². The number of benzene rings is 2. The van der Waals surface area contributed by atoms with E-state index >= 15 is 0 Å². The molecular weight excluding hydrogens is 450 g/mol. The predicted octanol–water partition coefficient (Wildman–Crippen LogP) is 4.06. The highest BCUT2D eigenvalue weighted by molar-refractivity contribution is 7.89. The Morgan fingerprint density at radius 3 is 1.97 bits per heavy atom. The zero-order valence-corrected chi connectivity index (χ0v) is 20.4. The molecule has 7 nitrogen and oxygen atoms in total. The molecule has 0 unspecified atom stereocenters. The van der Waals surface area contributed by atoms with E-state index in [0.29, 0.717) is 35.7 Å². The standard InChI is InChI=1S/C26H33N3O4S/c30-25(27-23-12-10-22(11-13-23)26(31)28-17-5-6-18-28)16-9-21-7-14-24(15-8-21)34(32,33)29-19-3-1-2-4-20-29/h7-8,10-15H,1-6,9,16-20H2,(H,27,30). The second-order valence-corrected chi connectivity index (χ2v) is 11.0. The Hall–Kier alpha value is -2.71. The Labute approximate surface area is 202 Å². The van der Waals surface area contributed by atoms with Crippen LogP contribution in [0.3, 0.4) is 0 Å². The van der Waals surface area contributed by atoms with Gasteiger partial charge < -0.3 is 10.2 Å². The summed E-state index contributed by atoms with van der Waals surface area (Å²) >= 11 is 0. The smallest absolute Gasteiger partial charge is 0.253 e. The van der Waals surface area contributed by atoms with Gasteiger partial charge in [0.25, 0.3) is 5.91 Å². The van der Waals surface area contributed by atoms with Crippen LogP contribution in [0.4, 0.5) is 5.69 Å². The van der Waals surface area contributed by atoms with Gasteiger partial charge in [0, 0.05) is 43.9 Å². The van der Waals surface area contributed by atoms with E-state index in [1.807, 2.05) is 4.90 Å². The average Bonchev–Trinajstić information content (AvgIpc) is 3.24. The van der Waals surface area contributed by atoms with Crippen molar-refractivity contribution in [1.29, 1.82) is 0 Å². The molecule has 2 saturated heterocycles. The van der Waals surface area contributed by atoms with Gasteiger partial charge in [-0.3, -0.25) is 9.59 Å². The van der Waals surface area contributed by atoms with E-state index in [1.165, 1.54) is 0 Å². The van der Waals surface area contributed by atoms with Gasteiger partial charge in [-0.2, -0.15) is 4.31 Å². The Balaban J connectivity index is 1.28. The molecule has 2 aliphatic heterocycles. The number of carbonyl (C=O) groups excluding carboxylic acids is 2. The molecule has 2 amide bonds. The van der Waals surface area contributed by atoms with Crippen molar-refractivity contribution >= 4 is 27.5 Å². The topological polar surface area (TPSA) is 86.8 Å². The molecule has 0 radical (unpaired) electrons. The van der Waals surface area contributed by atoms with E-state index < -0.39 is 10.0 Å². The molecule has 2 aromatic carbocycles. The molecule has 182 valence electrons. The molecule has 0 spiro atoms. The van der Waals surface area contributed by atoms with Crippen LogP contribution in [-0.2, 0) is 21.2 Å². The molecule has 2 heterocycles. The summed E-state index contributed by atoms with van der Waals surface area (Å²) in [6, 6.07) is 13.9. The summed E-state index contributed by atoms with van der Waals surface area (Å²) in [5.74, 6) is -0.0865. The monoisotopic (exact) mass is 483 g/mol. The first-order valence-corrected chi connectivity index (χ1v) is 13.7. The Kier molecular flexibility index (Phi) is 8.00. The van der Waals surface area contributed by atoms with Crippen molar-refractivity contribution in [3.05, 3.63) is 59.7 Å². The maximum atomic E-state index is 12.9. The lowest BCUT2D eigenvalue weighted by Gasteiger charge is -2.20. The number of nitrogens with one attached hydrogen (secondary N) is 1. The van der Waals surface area contributed by atoms with Crippen molar-refractivity contribution in [2.45, 2.75) is 56.3 Å². The number of aryl methyl sites for hydroxylation is 1. The fourth-order valence-electron chi connectivity index (χ4n) is 4.54. The van der Waals surface area contributed by atoms with Crippen molar-refractivity contribution in [2.75, 3.05) is 31.5 Å². The van der Waals surface area contributed by atoms with Crippen LogP contribution in [-0.4, -0.2) is 55.6 Å². The lowest BCUT2D eigenvalue weighted by molar-refractivity contribution is -0.116. The van der Waals surface area contributed by atoms with Gasteiger partial charge in [0.2, 0.25) is 15.9 Å². The van der Waals surface area contributed by atoms with Gasteiger partial charge in [-0.1, -0.05) is 25.0 Å². The highest BCUT2D eigenvalue weighted by Gasteiger charge is 2.25. The molecule has 1 N–H and O–H groups in total. The molecule has 0 aliphatic carbocycles. The summed E-state index contributed by atoms with van der Waals surface area (Å²) in [6.07, 6.45) is 6.87.